The van der Waals surface area contributed by atoms with Crippen molar-refractivity contribution in [2.75, 3.05) is 7.05 Å². The number of nitrogens with zero attached hydrogens (tertiary/aromatic N) is 1. The lowest BCUT2D eigenvalue weighted by molar-refractivity contribution is -0.131. The van der Waals surface area contributed by atoms with Gasteiger partial charge in [-0.2, -0.15) is 0 Å². The first-order valence-electron chi connectivity index (χ1n) is 6.95. The largest absolute Gasteiger partial charge is 0.478 e. The van der Waals surface area contributed by atoms with Crippen molar-refractivity contribution in [2.24, 2.45) is 0 Å². The molecule has 0 spiro atoms. The third-order valence-corrected chi connectivity index (χ3v) is 3.78. The fourth-order valence-corrected chi connectivity index (χ4v) is 2.79. The fourth-order valence-electron chi connectivity index (χ4n) is 2.79. The van der Waals surface area contributed by atoms with Gasteiger partial charge in [0.1, 0.15) is 5.82 Å². The minimum atomic E-state index is -1.03. The van der Waals surface area contributed by atoms with Gasteiger partial charge in [-0.25, -0.2) is 9.18 Å². The Morgan fingerprint density at radius 1 is 1.40 bits per heavy atom. The molecular formula is C16H20FNO2. The lowest BCUT2D eigenvalue weighted by Crippen LogP contribution is -2.28. The van der Waals surface area contributed by atoms with Gasteiger partial charge in [-0.15, -0.1) is 0 Å². The average molecular weight is 277 g/mol. The first kappa shape index (κ1) is 14.7. The lowest BCUT2D eigenvalue weighted by atomic mass is 10.1. The molecule has 2 rings (SSSR count). The third-order valence-electron chi connectivity index (χ3n) is 3.78. The van der Waals surface area contributed by atoms with E-state index < -0.39 is 5.97 Å². The Morgan fingerprint density at radius 2 is 2.10 bits per heavy atom. The predicted molar refractivity (Wildman–Crippen MR) is 76.8 cm³/mol. The molecule has 0 radical (unpaired) electrons. The van der Waals surface area contributed by atoms with E-state index >= 15 is 0 Å². The van der Waals surface area contributed by atoms with Crippen LogP contribution < -0.4 is 0 Å². The van der Waals surface area contributed by atoms with Gasteiger partial charge in [0, 0.05) is 18.7 Å². The zero-order valence-electron chi connectivity index (χ0n) is 11.7. The molecule has 0 saturated heterocycles. The first-order chi connectivity index (χ1) is 9.54. The van der Waals surface area contributed by atoms with Crippen LogP contribution in [0.15, 0.2) is 24.3 Å². The Labute approximate surface area is 118 Å². The molecule has 0 amide bonds. The van der Waals surface area contributed by atoms with Crippen LogP contribution in [0.3, 0.4) is 0 Å². The van der Waals surface area contributed by atoms with E-state index in [9.17, 15) is 9.18 Å². The highest BCUT2D eigenvalue weighted by atomic mass is 19.1. The van der Waals surface area contributed by atoms with Gasteiger partial charge in [0.05, 0.1) is 0 Å². The molecule has 1 aromatic carbocycles. The van der Waals surface area contributed by atoms with Crippen LogP contribution in [0.25, 0.3) is 6.08 Å². The highest BCUT2D eigenvalue weighted by molar-refractivity contribution is 5.85. The molecule has 0 heterocycles. The molecule has 1 aromatic rings. The van der Waals surface area contributed by atoms with Crippen molar-refractivity contribution >= 4 is 12.0 Å². The molecule has 1 N–H and O–H groups in total. The minimum absolute atomic E-state index is 0.327. The topological polar surface area (TPSA) is 40.5 Å². The van der Waals surface area contributed by atoms with Crippen molar-refractivity contribution < 1.29 is 14.3 Å². The highest BCUT2D eigenvalue weighted by Crippen LogP contribution is 2.24. The molecule has 1 fully saturated rings. The second kappa shape index (κ2) is 6.66. The standard InChI is InChI=1S/C16H20FNO2/c1-18(15-4-2-3-5-15)11-13-8-12(6-7-16(19)20)9-14(17)10-13/h6-10,15H,2-5,11H2,1H3,(H,19,20). The summed E-state index contributed by atoms with van der Waals surface area (Å²) in [6, 6.07) is 5.28. The first-order valence-corrected chi connectivity index (χ1v) is 6.95. The van der Waals surface area contributed by atoms with Crippen molar-refractivity contribution in [3.05, 3.63) is 41.2 Å². The fraction of sp³-hybridized carbons (Fsp3) is 0.438. The quantitative estimate of drug-likeness (QED) is 0.839. The van der Waals surface area contributed by atoms with E-state index in [4.69, 9.17) is 5.11 Å². The molecule has 0 unspecified atom stereocenters. The predicted octanol–water partition coefficient (Wildman–Crippen LogP) is 3.30. The molecule has 20 heavy (non-hydrogen) atoms. The Morgan fingerprint density at radius 3 is 2.75 bits per heavy atom. The van der Waals surface area contributed by atoms with Crippen molar-refractivity contribution in [1.29, 1.82) is 0 Å². The van der Waals surface area contributed by atoms with Crippen molar-refractivity contribution in [3.8, 4) is 0 Å². The summed E-state index contributed by atoms with van der Waals surface area (Å²) < 4.78 is 13.6. The van der Waals surface area contributed by atoms with Gasteiger partial charge in [-0.1, -0.05) is 18.9 Å². The van der Waals surface area contributed by atoms with Gasteiger partial charge >= 0.3 is 5.97 Å². The second-order valence-electron chi connectivity index (χ2n) is 5.42. The van der Waals surface area contributed by atoms with Gasteiger partial charge in [-0.3, -0.25) is 4.90 Å². The molecule has 1 saturated carbocycles. The van der Waals surface area contributed by atoms with Crippen LogP contribution in [0.5, 0.6) is 0 Å². The van der Waals surface area contributed by atoms with Gasteiger partial charge < -0.3 is 5.11 Å². The zero-order chi connectivity index (χ0) is 14.5. The molecule has 3 nitrogen and oxygen atoms in total. The molecule has 0 atom stereocenters. The normalized spacial score (nSPS) is 16.4. The number of hydrogen-bond acceptors (Lipinski definition) is 2. The van der Waals surface area contributed by atoms with Gasteiger partial charge in [-0.05, 0) is 49.2 Å². The monoisotopic (exact) mass is 277 g/mol. The molecule has 0 bridgehead atoms. The van der Waals surface area contributed by atoms with Gasteiger partial charge in [0.15, 0.2) is 0 Å². The number of hydrogen-bond donors (Lipinski definition) is 1. The number of carboxylic acid groups (broad SMARTS) is 1. The van der Waals surface area contributed by atoms with E-state index in [0.29, 0.717) is 18.2 Å². The summed E-state index contributed by atoms with van der Waals surface area (Å²) in [5.74, 6) is -1.36. The molecule has 0 aliphatic heterocycles. The number of carbonyl (C=O) groups is 1. The number of aliphatic carboxylic acids is 1. The van der Waals surface area contributed by atoms with Crippen LogP contribution in [0.2, 0.25) is 0 Å². The van der Waals surface area contributed by atoms with E-state index in [-0.39, 0.29) is 5.82 Å². The molecular weight excluding hydrogens is 257 g/mol. The number of carboxylic acids is 1. The minimum Gasteiger partial charge on any atom is -0.478 e. The summed E-state index contributed by atoms with van der Waals surface area (Å²) in [6.45, 7) is 0.691. The smallest absolute Gasteiger partial charge is 0.328 e. The lowest BCUT2D eigenvalue weighted by Gasteiger charge is -2.24. The van der Waals surface area contributed by atoms with E-state index in [0.717, 1.165) is 11.6 Å². The maximum atomic E-state index is 13.6. The van der Waals surface area contributed by atoms with Gasteiger partial charge in [0.2, 0.25) is 0 Å². The maximum Gasteiger partial charge on any atom is 0.328 e. The van der Waals surface area contributed by atoms with Crippen LogP contribution >= 0.6 is 0 Å². The van der Waals surface area contributed by atoms with E-state index in [2.05, 4.69) is 11.9 Å². The zero-order valence-corrected chi connectivity index (χ0v) is 11.7. The van der Waals surface area contributed by atoms with E-state index in [1.165, 1.54) is 43.9 Å². The summed E-state index contributed by atoms with van der Waals surface area (Å²) >= 11 is 0. The molecule has 1 aliphatic carbocycles. The molecule has 1 aliphatic rings. The molecule has 0 aromatic heterocycles. The summed E-state index contributed by atoms with van der Waals surface area (Å²) in [4.78, 5) is 12.8. The third kappa shape index (κ3) is 4.17. The second-order valence-corrected chi connectivity index (χ2v) is 5.42. The number of halogens is 1. The number of rotatable bonds is 5. The van der Waals surface area contributed by atoms with Crippen molar-refractivity contribution in [3.63, 3.8) is 0 Å². The SMILES string of the molecule is CN(Cc1cc(F)cc(C=CC(=O)O)c1)C1CCCC1. The van der Waals surface area contributed by atoms with Gasteiger partial charge in [0.25, 0.3) is 0 Å². The van der Waals surface area contributed by atoms with Crippen molar-refractivity contribution in [1.82, 2.24) is 4.90 Å². The van der Waals surface area contributed by atoms with Crippen molar-refractivity contribution in [2.45, 2.75) is 38.3 Å². The van der Waals surface area contributed by atoms with Crippen LogP contribution in [0.4, 0.5) is 4.39 Å². The Hall–Kier alpha value is -1.68. The Kier molecular flexibility index (Phi) is 4.90. The Balaban J connectivity index is 2.08. The van der Waals surface area contributed by atoms with Crippen LogP contribution in [0, 0.1) is 5.82 Å². The molecule has 4 heteroatoms. The highest BCUT2D eigenvalue weighted by Gasteiger charge is 2.19. The molecule has 108 valence electrons. The average Bonchev–Trinajstić information content (AvgIpc) is 2.89. The summed E-state index contributed by atoms with van der Waals surface area (Å²) in [5.41, 5.74) is 1.46. The van der Waals surface area contributed by atoms with Crippen LogP contribution in [-0.4, -0.2) is 29.1 Å². The Bertz CT molecular complexity index is 507. The maximum absolute atomic E-state index is 13.6. The summed E-state index contributed by atoms with van der Waals surface area (Å²) in [5, 5.41) is 8.61. The number of benzene rings is 1. The summed E-state index contributed by atoms with van der Waals surface area (Å²) in [7, 11) is 2.06. The van der Waals surface area contributed by atoms with Crippen LogP contribution in [-0.2, 0) is 11.3 Å². The van der Waals surface area contributed by atoms with Crippen LogP contribution in [0.1, 0.15) is 36.8 Å². The summed E-state index contributed by atoms with van der Waals surface area (Å²) in [6.07, 6.45) is 7.40. The van der Waals surface area contributed by atoms with E-state index in [1.807, 2.05) is 6.07 Å². The van der Waals surface area contributed by atoms with E-state index in [1.54, 1.807) is 0 Å².